The van der Waals surface area contributed by atoms with Gasteiger partial charge in [-0.3, -0.25) is 0 Å². The molecule has 0 atom stereocenters. The molecule has 0 fully saturated rings. The molecule has 0 aliphatic rings. The van der Waals surface area contributed by atoms with Crippen LogP contribution < -0.4 is 0 Å². The summed E-state index contributed by atoms with van der Waals surface area (Å²) in [5, 5.41) is 19.4. The van der Waals surface area contributed by atoms with Crippen molar-refractivity contribution in [2.45, 2.75) is 31.1 Å². The predicted molar refractivity (Wildman–Crippen MR) is 83.2 cm³/mol. The van der Waals surface area contributed by atoms with Crippen molar-refractivity contribution in [3.63, 3.8) is 0 Å². The van der Waals surface area contributed by atoms with E-state index in [0.717, 1.165) is 22.2 Å². The van der Waals surface area contributed by atoms with Crippen LogP contribution in [-0.4, -0.2) is 31.6 Å². The molecule has 5 nitrogen and oxygen atoms in total. The second-order valence-corrected chi connectivity index (χ2v) is 6.58. The minimum Gasteiger partial charge on any atom is -0.411 e. The van der Waals surface area contributed by atoms with Crippen molar-refractivity contribution in [3.05, 3.63) is 30.5 Å². The lowest BCUT2D eigenvalue weighted by Gasteiger charge is -2.15. The van der Waals surface area contributed by atoms with E-state index in [0.29, 0.717) is 17.5 Å². The molecule has 0 unspecified atom stereocenters. The third-order valence-electron chi connectivity index (χ3n) is 3.17. The molecule has 2 N–H and O–H groups in total. The number of para-hydroxylation sites is 1. The van der Waals surface area contributed by atoms with Crippen LogP contribution in [0, 0.1) is 0 Å². The van der Waals surface area contributed by atoms with Gasteiger partial charge in [-0.25, -0.2) is 0 Å². The molecule has 0 aliphatic heterocycles. The Morgan fingerprint density at radius 3 is 2.90 bits per heavy atom. The van der Waals surface area contributed by atoms with Crippen LogP contribution in [0.4, 0.5) is 0 Å². The van der Waals surface area contributed by atoms with E-state index in [-0.39, 0.29) is 0 Å². The summed E-state index contributed by atoms with van der Waals surface area (Å²) < 4.78 is 5.69. The fourth-order valence-electron chi connectivity index (χ4n) is 2.01. The number of nitrogens with zero attached hydrogens (tertiary/aromatic N) is 2. The fraction of sp³-hybridized carbons (Fsp3) is 0.333. The number of hydrogen-bond donors (Lipinski definition) is 2. The number of fused-ring (bicyclic) bond motifs is 1. The summed E-state index contributed by atoms with van der Waals surface area (Å²) in [6, 6.07) is 7.99. The molecule has 0 spiro atoms. The standard InChI is InChI=1S/C15H17N3O2S/c1-15(2,19)7-8-21-14-18-17-13(20-14)11-9-16-12-6-4-3-5-10(11)12/h3-6,9,16,19H,7-8H2,1-2H3. The number of aromatic nitrogens is 3. The zero-order valence-corrected chi connectivity index (χ0v) is 12.8. The Bertz CT molecular complexity index is 743. The highest BCUT2D eigenvalue weighted by Gasteiger charge is 2.15. The summed E-state index contributed by atoms with van der Waals surface area (Å²) in [6.45, 7) is 3.58. The van der Waals surface area contributed by atoms with E-state index in [1.165, 1.54) is 11.8 Å². The van der Waals surface area contributed by atoms with Crippen LogP contribution in [0.2, 0.25) is 0 Å². The van der Waals surface area contributed by atoms with Crippen LogP contribution >= 0.6 is 11.8 Å². The first-order chi connectivity index (χ1) is 10.0. The Labute approximate surface area is 126 Å². The molecule has 21 heavy (non-hydrogen) atoms. The Hall–Kier alpha value is -1.79. The minimum absolute atomic E-state index is 0.512. The van der Waals surface area contributed by atoms with Crippen molar-refractivity contribution in [3.8, 4) is 11.5 Å². The quantitative estimate of drug-likeness (QED) is 0.706. The number of nitrogens with one attached hydrogen (secondary N) is 1. The summed E-state index contributed by atoms with van der Waals surface area (Å²) >= 11 is 1.46. The summed E-state index contributed by atoms with van der Waals surface area (Å²) in [5.41, 5.74) is 1.28. The molecule has 0 saturated carbocycles. The van der Waals surface area contributed by atoms with Gasteiger partial charge in [0.25, 0.3) is 11.1 Å². The van der Waals surface area contributed by atoms with Gasteiger partial charge in [0, 0.05) is 22.9 Å². The van der Waals surface area contributed by atoms with E-state index in [9.17, 15) is 5.11 Å². The highest BCUT2D eigenvalue weighted by Crippen LogP contribution is 2.29. The predicted octanol–water partition coefficient (Wildman–Crippen LogP) is 3.47. The first-order valence-corrected chi connectivity index (χ1v) is 7.77. The van der Waals surface area contributed by atoms with Crippen LogP contribution in [-0.2, 0) is 0 Å². The SMILES string of the molecule is CC(C)(O)CCSc1nnc(-c2c[nH]c3ccccc23)o1. The number of H-pyrrole nitrogens is 1. The smallest absolute Gasteiger partial charge is 0.276 e. The maximum Gasteiger partial charge on any atom is 0.276 e. The first-order valence-electron chi connectivity index (χ1n) is 6.78. The third kappa shape index (κ3) is 3.28. The van der Waals surface area contributed by atoms with Crippen LogP contribution in [0.15, 0.2) is 40.1 Å². The molecule has 1 aromatic carbocycles. The Kier molecular flexibility index (Phi) is 3.73. The molecule has 0 radical (unpaired) electrons. The van der Waals surface area contributed by atoms with E-state index in [4.69, 9.17) is 4.42 Å². The molecule has 0 amide bonds. The normalized spacial score (nSPS) is 12.1. The number of aromatic amines is 1. The second-order valence-electron chi connectivity index (χ2n) is 5.53. The van der Waals surface area contributed by atoms with E-state index in [1.807, 2.05) is 30.5 Å². The number of hydrogen-bond acceptors (Lipinski definition) is 5. The molecule has 2 heterocycles. The lowest BCUT2D eigenvalue weighted by molar-refractivity contribution is 0.0777. The number of rotatable bonds is 5. The zero-order valence-electron chi connectivity index (χ0n) is 12.0. The van der Waals surface area contributed by atoms with Crippen molar-refractivity contribution in [1.82, 2.24) is 15.2 Å². The first kappa shape index (κ1) is 14.2. The highest BCUT2D eigenvalue weighted by atomic mass is 32.2. The highest BCUT2D eigenvalue weighted by molar-refractivity contribution is 7.99. The van der Waals surface area contributed by atoms with Gasteiger partial charge in [0.2, 0.25) is 0 Å². The zero-order chi connectivity index (χ0) is 14.9. The molecular formula is C15H17N3O2S. The van der Waals surface area contributed by atoms with Crippen molar-refractivity contribution < 1.29 is 9.52 Å². The number of thioether (sulfide) groups is 1. The van der Waals surface area contributed by atoms with Crippen LogP contribution in [0.25, 0.3) is 22.4 Å². The van der Waals surface area contributed by atoms with Gasteiger partial charge in [-0.05, 0) is 26.3 Å². The van der Waals surface area contributed by atoms with Crippen molar-refractivity contribution in [2.75, 3.05) is 5.75 Å². The average molecular weight is 303 g/mol. The molecule has 3 aromatic rings. The fourth-order valence-corrected chi connectivity index (χ4v) is 3.03. The lowest BCUT2D eigenvalue weighted by Crippen LogP contribution is -2.18. The van der Waals surface area contributed by atoms with Crippen molar-refractivity contribution in [1.29, 1.82) is 0 Å². The van der Waals surface area contributed by atoms with Gasteiger partial charge in [-0.15, -0.1) is 10.2 Å². The van der Waals surface area contributed by atoms with Crippen LogP contribution in [0.1, 0.15) is 20.3 Å². The van der Waals surface area contributed by atoms with E-state index < -0.39 is 5.60 Å². The van der Waals surface area contributed by atoms with Gasteiger partial charge >= 0.3 is 0 Å². The summed E-state index contributed by atoms with van der Waals surface area (Å²) in [4.78, 5) is 3.19. The number of aliphatic hydroxyl groups is 1. The van der Waals surface area contributed by atoms with E-state index in [1.54, 1.807) is 13.8 Å². The second kappa shape index (κ2) is 5.54. The topological polar surface area (TPSA) is 74.9 Å². The lowest BCUT2D eigenvalue weighted by atomic mass is 10.1. The summed E-state index contributed by atoms with van der Waals surface area (Å²) in [6.07, 6.45) is 2.55. The van der Waals surface area contributed by atoms with Crippen molar-refractivity contribution in [2.24, 2.45) is 0 Å². The van der Waals surface area contributed by atoms with Crippen molar-refractivity contribution >= 4 is 22.7 Å². The third-order valence-corrected chi connectivity index (χ3v) is 3.99. The molecule has 2 aromatic heterocycles. The van der Waals surface area contributed by atoms with Gasteiger partial charge in [0.05, 0.1) is 11.2 Å². The Balaban J connectivity index is 1.76. The van der Waals surface area contributed by atoms with Gasteiger partial charge in [0.15, 0.2) is 0 Å². The van der Waals surface area contributed by atoms with Crippen LogP contribution in [0.3, 0.4) is 0 Å². The van der Waals surface area contributed by atoms with E-state index >= 15 is 0 Å². The maximum absolute atomic E-state index is 9.69. The molecule has 3 rings (SSSR count). The minimum atomic E-state index is -0.674. The Morgan fingerprint density at radius 2 is 2.10 bits per heavy atom. The molecule has 110 valence electrons. The van der Waals surface area contributed by atoms with Gasteiger partial charge in [-0.1, -0.05) is 30.0 Å². The molecule has 0 bridgehead atoms. The average Bonchev–Trinajstić information content (AvgIpc) is 3.03. The van der Waals surface area contributed by atoms with Gasteiger partial charge in [0.1, 0.15) is 0 Å². The summed E-state index contributed by atoms with van der Waals surface area (Å²) in [5.74, 6) is 1.25. The van der Waals surface area contributed by atoms with Gasteiger partial charge < -0.3 is 14.5 Å². The monoisotopic (exact) mass is 303 g/mol. The largest absolute Gasteiger partial charge is 0.411 e. The molecule has 6 heteroatoms. The molecule has 0 saturated heterocycles. The van der Waals surface area contributed by atoms with Crippen LogP contribution in [0.5, 0.6) is 0 Å². The van der Waals surface area contributed by atoms with E-state index in [2.05, 4.69) is 15.2 Å². The maximum atomic E-state index is 9.69. The summed E-state index contributed by atoms with van der Waals surface area (Å²) in [7, 11) is 0. The molecule has 0 aliphatic carbocycles. The molecular weight excluding hydrogens is 286 g/mol. The Morgan fingerprint density at radius 1 is 1.29 bits per heavy atom. The number of benzene rings is 1. The van der Waals surface area contributed by atoms with Gasteiger partial charge in [-0.2, -0.15) is 0 Å².